The normalized spacial score (nSPS) is 28.4. The molecule has 9 heteroatoms. The van der Waals surface area contributed by atoms with E-state index < -0.39 is 46.8 Å². The number of hydrogen-bond donors (Lipinski definition) is 2. The summed E-state index contributed by atoms with van der Waals surface area (Å²) in [5.74, 6) is -1.64. The number of methoxy groups -OCH3 is 1. The van der Waals surface area contributed by atoms with Crippen molar-refractivity contribution in [1.82, 2.24) is 5.32 Å². The van der Waals surface area contributed by atoms with Crippen molar-refractivity contribution >= 4 is 23.7 Å². The molecular weight excluding hydrogens is 452 g/mol. The summed E-state index contributed by atoms with van der Waals surface area (Å²) in [7, 11) is 1.25. The molecule has 2 bridgehead atoms. The number of aliphatic hydroxyl groups is 1. The zero-order valence-electron chi connectivity index (χ0n) is 23.0. The molecule has 5 atom stereocenters. The summed E-state index contributed by atoms with van der Waals surface area (Å²) in [6.45, 7) is 16.4. The first-order chi connectivity index (χ1) is 15.8. The molecule has 0 heterocycles. The number of nitrogens with one attached hydrogen (secondary N) is 1. The second-order valence-electron chi connectivity index (χ2n) is 12.6. The Morgan fingerprint density at radius 2 is 1.63 bits per heavy atom. The minimum atomic E-state index is -1.16. The number of nitrogens with zero attached hydrogens (tertiary/aromatic N) is 1. The molecule has 0 aromatic rings. The van der Waals surface area contributed by atoms with Gasteiger partial charge in [-0.3, -0.25) is 9.79 Å². The molecule has 3 saturated carbocycles. The number of carbonyl (C=O) groups is 3. The lowest BCUT2D eigenvalue weighted by atomic mass is 9.44. The molecule has 0 saturated heterocycles. The molecule has 0 aromatic heterocycles. The first-order valence-electron chi connectivity index (χ1n) is 12.3. The van der Waals surface area contributed by atoms with Gasteiger partial charge in [-0.1, -0.05) is 13.8 Å². The Morgan fingerprint density at radius 1 is 1.06 bits per heavy atom. The highest BCUT2D eigenvalue weighted by atomic mass is 16.6. The maximum atomic E-state index is 13.2. The van der Waals surface area contributed by atoms with Gasteiger partial charge in [-0.15, -0.1) is 0 Å². The summed E-state index contributed by atoms with van der Waals surface area (Å²) < 4.78 is 15.8. The molecule has 2 N–H and O–H groups in total. The van der Waals surface area contributed by atoms with Gasteiger partial charge in [0, 0.05) is 12.3 Å². The summed E-state index contributed by atoms with van der Waals surface area (Å²) >= 11 is 0. The predicted molar refractivity (Wildman–Crippen MR) is 132 cm³/mol. The van der Waals surface area contributed by atoms with Crippen molar-refractivity contribution in [3.63, 3.8) is 0 Å². The van der Waals surface area contributed by atoms with Crippen LogP contribution in [0.5, 0.6) is 0 Å². The number of fused-ring (bicyclic) bond motifs is 2. The Labute approximate surface area is 209 Å². The molecule has 9 nitrogen and oxygen atoms in total. The molecule has 0 aliphatic heterocycles. The fourth-order valence-corrected chi connectivity index (χ4v) is 5.12. The zero-order valence-corrected chi connectivity index (χ0v) is 23.0. The number of aliphatic imine (C=N–C) groups is 1. The SMILES string of the molecule is COC(=O)C(CNC(=O)OC(C)(C)C)C[C@H](N=C1C[C@H]2C[C@H](C2(C)C)[C@@]1(C)O)C(=O)OC(C)(C)C. The largest absolute Gasteiger partial charge is 0.469 e. The van der Waals surface area contributed by atoms with E-state index in [0.717, 1.165) is 6.42 Å². The van der Waals surface area contributed by atoms with E-state index in [0.29, 0.717) is 18.1 Å². The molecule has 3 aliphatic carbocycles. The third-order valence-electron chi connectivity index (χ3n) is 7.10. The number of alkyl carbamates (subject to hydrolysis) is 1. The van der Waals surface area contributed by atoms with Crippen LogP contribution in [-0.4, -0.2) is 65.3 Å². The minimum absolute atomic E-state index is 0.00414. The molecule has 1 amide bonds. The van der Waals surface area contributed by atoms with Crippen molar-refractivity contribution < 1.29 is 33.7 Å². The van der Waals surface area contributed by atoms with Crippen LogP contribution in [0.1, 0.15) is 81.6 Å². The van der Waals surface area contributed by atoms with E-state index in [2.05, 4.69) is 19.2 Å². The fraction of sp³-hybridized carbons (Fsp3) is 0.846. The molecule has 3 fully saturated rings. The van der Waals surface area contributed by atoms with Gasteiger partial charge in [0.05, 0.1) is 13.0 Å². The number of ether oxygens (including phenoxy) is 3. The molecule has 3 rings (SSSR count). The van der Waals surface area contributed by atoms with Crippen LogP contribution in [0.25, 0.3) is 0 Å². The highest BCUT2D eigenvalue weighted by Crippen LogP contribution is 2.61. The molecule has 0 spiro atoms. The smallest absolute Gasteiger partial charge is 0.407 e. The Kier molecular flexibility index (Phi) is 8.36. The van der Waals surface area contributed by atoms with Crippen LogP contribution in [0.2, 0.25) is 0 Å². The summed E-state index contributed by atoms with van der Waals surface area (Å²) in [5, 5.41) is 13.9. The maximum absolute atomic E-state index is 13.2. The standard InChI is InChI=1S/C26H44N2O7/c1-23(2,3)34-21(30)17(28-19-13-16-12-18(25(16,7)8)26(19,9)32)11-15(20(29)33-10)14-27-22(31)35-24(4,5)6/h15-18,32H,11-14H2,1-10H3,(H,27,31)/t15?,16-,17+,18-,26-/m1/s1. The topological polar surface area (TPSA) is 124 Å². The average molecular weight is 497 g/mol. The van der Waals surface area contributed by atoms with Crippen molar-refractivity contribution in [2.24, 2.45) is 28.2 Å². The lowest BCUT2D eigenvalue weighted by Crippen LogP contribution is -2.65. The molecule has 3 aliphatic rings. The highest BCUT2D eigenvalue weighted by molar-refractivity contribution is 5.96. The lowest BCUT2D eigenvalue weighted by molar-refractivity contribution is -0.157. The van der Waals surface area contributed by atoms with Crippen LogP contribution in [0.4, 0.5) is 4.79 Å². The molecule has 35 heavy (non-hydrogen) atoms. The number of carbonyl (C=O) groups excluding carboxylic acids is 3. The van der Waals surface area contributed by atoms with Gasteiger partial charge in [-0.2, -0.15) is 0 Å². The minimum Gasteiger partial charge on any atom is -0.469 e. The monoisotopic (exact) mass is 496 g/mol. The molecule has 200 valence electrons. The Hall–Kier alpha value is -2.16. The van der Waals surface area contributed by atoms with Crippen LogP contribution in [-0.2, 0) is 23.8 Å². The van der Waals surface area contributed by atoms with Crippen LogP contribution in [0.3, 0.4) is 0 Å². The van der Waals surface area contributed by atoms with Gasteiger partial charge in [0.2, 0.25) is 0 Å². The second-order valence-corrected chi connectivity index (χ2v) is 12.6. The zero-order chi connectivity index (χ0) is 27.0. The molecule has 0 radical (unpaired) electrons. The van der Waals surface area contributed by atoms with Crippen molar-refractivity contribution in [3.8, 4) is 0 Å². The quantitative estimate of drug-likeness (QED) is 0.407. The third kappa shape index (κ3) is 7.18. The van der Waals surface area contributed by atoms with Crippen molar-refractivity contribution in [3.05, 3.63) is 0 Å². The summed E-state index contributed by atoms with van der Waals surface area (Å²) in [6, 6.07) is -1.04. The number of hydrogen-bond acceptors (Lipinski definition) is 8. The van der Waals surface area contributed by atoms with E-state index in [1.807, 2.05) is 0 Å². The molecule has 0 aromatic carbocycles. The van der Waals surface area contributed by atoms with Gasteiger partial charge in [0.1, 0.15) is 22.8 Å². The maximum Gasteiger partial charge on any atom is 0.407 e. The molecular formula is C26H44N2O7. The Balaban J connectivity index is 2.30. The lowest BCUT2D eigenvalue weighted by Gasteiger charge is -2.62. The van der Waals surface area contributed by atoms with Gasteiger partial charge in [-0.05, 0) is 85.0 Å². The van der Waals surface area contributed by atoms with E-state index >= 15 is 0 Å². The first kappa shape index (κ1) is 29.1. The van der Waals surface area contributed by atoms with Gasteiger partial charge in [-0.25, -0.2) is 9.59 Å². The van der Waals surface area contributed by atoms with Gasteiger partial charge < -0.3 is 24.6 Å². The van der Waals surface area contributed by atoms with Crippen LogP contribution < -0.4 is 5.32 Å². The van der Waals surface area contributed by atoms with Gasteiger partial charge in [0.25, 0.3) is 0 Å². The van der Waals surface area contributed by atoms with E-state index in [1.165, 1.54) is 7.11 Å². The van der Waals surface area contributed by atoms with Crippen LogP contribution in [0.15, 0.2) is 4.99 Å². The summed E-state index contributed by atoms with van der Waals surface area (Å²) in [5.41, 5.74) is -2.07. The summed E-state index contributed by atoms with van der Waals surface area (Å²) in [6.07, 6.45) is 0.773. The van der Waals surface area contributed by atoms with Gasteiger partial charge >= 0.3 is 18.0 Å². The second kappa shape index (κ2) is 10.1. The first-order valence-corrected chi connectivity index (χ1v) is 12.3. The predicted octanol–water partition coefficient (Wildman–Crippen LogP) is 3.66. The number of rotatable bonds is 7. The highest BCUT2D eigenvalue weighted by Gasteiger charge is 2.61. The third-order valence-corrected chi connectivity index (χ3v) is 7.10. The summed E-state index contributed by atoms with van der Waals surface area (Å²) in [4.78, 5) is 42.6. The van der Waals surface area contributed by atoms with E-state index in [4.69, 9.17) is 19.2 Å². The Morgan fingerprint density at radius 3 is 2.09 bits per heavy atom. The fourth-order valence-electron chi connectivity index (χ4n) is 5.12. The Bertz CT molecular complexity index is 849. The molecule has 1 unspecified atom stereocenters. The van der Waals surface area contributed by atoms with Crippen molar-refractivity contribution in [1.29, 1.82) is 0 Å². The van der Waals surface area contributed by atoms with Crippen LogP contribution in [0, 0.1) is 23.2 Å². The number of esters is 2. The van der Waals surface area contributed by atoms with Crippen LogP contribution >= 0.6 is 0 Å². The number of amides is 1. The van der Waals surface area contributed by atoms with Crippen molar-refractivity contribution in [2.45, 2.75) is 104 Å². The van der Waals surface area contributed by atoms with Crippen molar-refractivity contribution in [2.75, 3.05) is 13.7 Å². The van der Waals surface area contributed by atoms with E-state index in [-0.39, 0.29) is 24.3 Å². The van der Waals surface area contributed by atoms with Gasteiger partial charge in [0.15, 0.2) is 0 Å². The van der Waals surface area contributed by atoms with E-state index in [9.17, 15) is 19.5 Å². The van der Waals surface area contributed by atoms with E-state index in [1.54, 1.807) is 48.5 Å². The average Bonchev–Trinajstić information content (AvgIpc) is 2.67.